The third kappa shape index (κ3) is 2.63. The second-order valence-electron chi connectivity index (χ2n) is 3.63. The van der Waals surface area contributed by atoms with Crippen molar-refractivity contribution in [1.82, 2.24) is 0 Å². The first-order valence-electron chi connectivity index (χ1n) is 5.12. The van der Waals surface area contributed by atoms with Crippen LogP contribution in [0.5, 0.6) is 5.75 Å². The van der Waals surface area contributed by atoms with Gasteiger partial charge in [-0.25, -0.2) is 8.78 Å². The summed E-state index contributed by atoms with van der Waals surface area (Å²) in [6, 6.07) is 8.65. The molecule has 1 amide bonds. The fourth-order valence-electron chi connectivity index (χ4n) is 1.39. The first kappa shape index (κ1) is 12.0. The van der Waals surface area contributed by atoms with Crippen LogP contribution < -0.4 is 5.32 Å². The molecular formula is C13H9F2NO2. The summed E-state index contributed by atoms with van der Waals surface area (Å²) < 4.78 is 25.6. The molecule has 5 heteroatoms. The van der Waals surface area contributed by atoms with E-state index in [1.807, 2.05) is 0 Å². The fraction of sp³-hybridized carbons (Fsp3) is 0. The molecule has 2 aromatic carbocycles. The zero-order chi connectivity index (χ0) is 13.1. The molecule has 0 unspecified atom stereocenters. The topological polar surface area (TPSA) is 49.3 Å². The molecule has 0 heterocycles. The molecule has 2 aromatic rings. The second kappa shape index (κ2) is 4.83. The van der Waals surface area contributed by atoms with Crippen molar-refractivity contribution in [2.75, 3.05) is 5.32 Å². The maximum atomic E-state index is 12.9. The number of benzene rings is 2. The van der Waals surface area contributed by atoms with Crippen LogP contribution in [0, 0.1) is 11.6 Å². The quantitative estimate of drug-likeness (QED) is 0.859. The third-order valence-corrected chi connectivity index (χ3v) is 2.31. The van der Waals surface area contributed by atoms with Crippen molar-refractivity contribution in [3.05, 3.63) is 59.7 Å². The van der Waals surface area contributed by atoms with Crippen LogP contribution in [0.15, 0.2) is 42.5 Å². The van der Waals surface area contributed by atoms with E-state index in [0.29, 0.717) is 5.56 Å². The minimum absolute atomic E-state index is 0.0411. The van der Waals surface area contributed by atoms with Crippen molar-refractivity contribution in [3.63, 3.8) is 0 Å². The number of carbonyl (C=O) groups is 1. The maximum absolute atomic E-state index is 12.9. The van der Waals surface area contributed by atoms with Crippen LogP contribution in [0.3, 0.4) is 0 Å². The van der Waals surface area contributed by atoms with Gasteiger partial charge in [-0.3, -0.25) is 4.79 Å². The Bertz CT molecular complexity index is 582. The van der Waals surface area contributed by atoms with Gasteiger partial charge in [-0.2, -0.15) is 0 Å². The van der Waals surface area contributed by atoms with Crippen LogP contribution in [0.4, 0.5) is 14.5 Å². The van der Waals surface area contributed by atoms with Crippen molar-refractivity contribution in [3.8, 4) is 5.75 Å². The molecule has 2 rings (SSSR count). The maximum Gasteiger partial charge on any atom is 0.255 e. The summed E-state index contributed by atoms with van der Waals surface area (Å²) in [4.78, 5) is 11.7. The van der Waals surface area contributed by atoms with Gasteiger partial charge in [0.2, 0.25) is 0 Å². The molecule has 0 aliphatic carbocycles. The van der Waals surface area contributed by atoms with Crippen LogP contribution in [0.1, 0.15) is 10.4 Å². The lowest BCUT2D eigenvalue weighted by atomic mass is 10.2. The SMILES string of the molecule is O=C(Nc1ccc(F)c(F)c1)c1ccc(O)cc1. The van der Waals surface area contributed by atoms with Gasteiger partial charge in [-0.1, -0.05) is 0 Å². The first-order chi connectivity index (χ1) is 8.56. The molecule has 0 saturated carbocycles. The summed E-state index contributed by atoms with van der Waals surface area (Å²) in [7, 11) is 0. The first-order valence-corrected chi connectivity index (χ1v) is 5.12. The molecule has 0 saturated heterocycles. The van der Waals surface area contributed by atoms with E-state index in [2.05, 4.69) is 5.32 Å². The van der Waals surface area contributed by atoms with E-state index in [-0.39, 0.29) is 11.4 Å². The van der Waals surface area contributed by atoms with Crippen molar-refractivity contribution in [2.24, 2.45) is 0 Å². The van der Waals surface area contributed by atoms with Gasteiger partial charge in [0.1, 0.15) is 5.75 Å². The second-order valence-corrected chi connectivity index (χ2v) is 3.63. The van der Waals surface area contributed by atoms with Gasteiger partial charge in [0.15, 0.2) is 11.6 Å². The fourth-order valence-corrected chi connectivity index (χ4v) is 1.39. The summed E-state index contributed by atoms with van der Waals surface area (Å²) in [5.74, 6) is -2.43. The van der Waals surface area contributed by atoms with Crippen molar-refractivity contribution in [2.45, 2.75) is 0 Å². The largest absolute Gasteiger partial charge is 0.508 e. The van der Waals surface area contributed by atoms with Crippen LogP contribution in [0.25, 0.3) is 0 Å². The Balaban J connectivity index is 2.16. The number of phenolic OH excluding ortho intramolecular Hbond substituents is 1. The molecule has 2 N–H and O–H groups in total. The number of anilines is 1. The molecule has 0 aliphatic rings. The molecule has 0 atom stereocenters. The Morgan fingerprint density at radius 1 is 1.00 bits per heavy atom. The van der Waals surface area contributed by atoms with Gasteiger partial charge in [0.05, 0.1) is 0 Å². The van der Waals surface area contributed by atoms with Gasteiger partial charge in [-0.05, 0) is 36.4 Å². The van der Waals surface area contributed by atoms with E-state index in [4.69, 9.17) is 5.11 Å². The third-order valence-electron chi connectivity index (χ3n) is 2.31. The summed E-state index contributed by atoms with van der Waals surface area (Å²) in [6.07, 6.45) is 0. The minimum Gasteiger partial charge on any atom is -0.508 e. The van der Waals surface area contributed by atoms with Gasteiger partial charge in [0.25, 0.3) is 5.91 Å². The molecule has 18 heavy (non-hydrogen) atoms. The van der Waals surface area contributed by atoms with Gasteiger partial charge < -0.3 is 10.4 Å². The molecule has 0 fully saturated rings. The smallest absolute Gasteiger partial charge is 0.255 e. The highest BCUT2D eigenvalue weighted by atomic mass is 19.2. The zero-order valence-corrected chi connectivity index (χ0v) is 9.15. The number of carbonyl (C=O) groups excluding carboxylic acids is 1. The lowest BCUT2D eigenvalue weighted by Crippen LogP contribution is -2.11. The van der Waals surface area contributed by atoms with E-state index in [9.17, 15) is 13.6 Å². The van der Waals surface area contributed by atoms with E-state index in [0.717, 1.165) is 12.1 Å². The minimum atomic E-state index is -1.03. The number of phenols is 1. The van der Waals surface area contributed by atoms with E-state index in [1.54, 1.807) is 0 Å². The monoisotopic (exact) mass is 249 g/mol. The lowest BCUT2D eigenvalue weighted by Gasteiger charge is -2.05. The Morgan fingerprint density at radius 2 is 1.67 bits per heavy atom. The number of amides is 1. The molecule has 0 radical (unpaired) electrons. The number of aromatic hydroxyl groups is 1. The zero-order valence-electron chi connectivity index (χ0n) is 9.15. The Morgan fingerprint density at radius 3 is 2.28 bits per heavy atom. The van der Waals surface area contributed by atoms with Crippen molar-refractivity contribution >= 4 is 11.6 Å². The van der Waals surface area contributed by atoms with Gasteiger partial charge >= 0.3 is 0 Å². The number of halogens is 2. The average molecular weight is 249 g/mol. The molecule has 3 nitrogen and oxygen atoms in total. The van der Waals surface area contributed by atoms with E-state index in [1.165, 1.54) is 30.3 Å². The Labute approximate surface area is 102 Å². The molecule has 0 aromatic heterocycles. The summed E-state index contributed by atoms with van der Waals surface area (Å²) in [6.45, 7) is 0. The number of nitrogens with one attached hydrogen (secondary N) is 1. The molecular weight excluding hydrogens is 240 g/mol. The van der Waals surface area contributed by atoms with Crippen LogP contribution in [0.2, 0.25) is 0 Å². The van der Waals surface area contributed by atoms with Crippen LogP contribution in [-0.4, -0.2) is 11.0 Å². The Hall–Kier alpha value is -2.43. The standard InChI is InChI=1S/C13H9F2NO2/c14-11-6-3-9(7-12(11)15)16-13(18)8-1-4-10(17)5-2-8/h1-7,17H,(H,16,18). The molecule has 0 aliphatic heterocycles. The number of rotatable bonds is 2. The van der Waals surface area contributed by atoms with Crippen LogP contribution >= 0.6 is 0 Å². The lowest BCUT2D eigenvalue weighted by molar-refractivity contribution is 0.102. The molecule has 92 valence electrons. The highest BCUT2D eigenvalue weighted by Crippen LogP contribution is 2.15. The van der Waals surface area contributed by atoms with Crippen molar-refractivity contribution in [1.29, 1.82) is 0 Å². The van der Waals surface area contributed by atoms with Crippen LogP contribution in [-0.2, 0) is 0 Å². The summed E-state index contributed by atoms with van der Waals surface area (Å²) in [5.41, 5.74) is 0.463. The number of hydrogen-bond acceptors (Lipinski definition) is 2. The predicted molar refractivity (Wildman–Crippen MR) is 62.4 cm³/mol. The normalized spacial score (nSPS) is 10.1. The highest BCUT2D eigenvalue weighted by molar-refractivity contribution is 6.04. The van der Waals surface area contributed by atoms with E-state index >= 15 is 0 Å². The Kier molecular flexibility index (Phi) is 3.23. The molecule has 0 bridgehead atoms. The predicted octanol–water partition coefficient (Wildman–Crippen LogP) is 2.92. The summed E-state index contributed by atoms with van der Waals surface area (Å²) in [5, 5.41) is 11.5. The average Bonchev–Trinajstić information content (AvgIpc) is 2.34. The highest BCUT2D eigenvalue weighted by Gasteiger charge is 2.08. The molecule has 0 spiro atoms. The van der Waals surface area contributed by atoms with Gasteiger partial charge in [-0.15, -0.1) is 0 Å². The number of hydrogen-bond donors (Lipinski definition) is 2. The van der Waals surface area contributed by atoms with E-state index < -0.39 is 17.5 Å². The van der Waals surface area contributed by atoms with Gasteiger partial charge in [0, 0.05) is 17.3 Å². The summed E-state index contributed by atoms with van der Waals surface area (Å²) >= 11 is 0. The van der Waals surface area contributed by atoms with Crippen molar-refractivity contribution < 1.29 is 18.7 Å².